The summed E-state index contributed by atoms with van der Waals surface area (Å²) < 4.78 is 0. The first-order valence-electron chi connectivity index (χ1n) is 6.58. The molecule has 0 fully saturated rings. The first-order chi connectivity index (χ1) is 9.20. The average molecular weight is 261 g/mol. The number of benzene rings is 1. The fourth-order valence-electron chi connectivity index (χ4n) is 2.04. The maximum Gasteiger partial charge on any atom is 0.276 e. The van der Waals surface area contributed by atoms with Gasteiger partial charge in [0.1, 0.15) is 6.29 Å². The minimum Gasteiger partial charge on any atom is -0.299 e. The van der Waals surface area contributed by atoms with Gasteiger partial charge in [-0.15, -0.1) is 0 Å². The van der Waals surface area contributed by atoms with Gasteiger partial charge in [-0.25, -0.2) is 0 Å². The largest absolute Gasteiger partial charge is 0.299 e. The molecule has 0 aliphatic heterocycles. The van der Waals surface area contributed by atoms with Crippen molar-refractivity contribution < 1.29 is 9.72 Å². The van der Waals surface area contributed by atoms with Crippen LogP contribution in [-0.2, 0) is 4.79 Å². The number of unbranched alkanes of at least 4 members (excludes halogenated alkanes) is 3. The predicted molar refractivity (Wildman–Crippen MR) is 75.9 cm³/mol. The Morgan fingerprint density at radius 2 is 2.00 bits per heavy atom. The van der Waals surface area contributed by atoms with Gasteiger partial charge in [-0.05, 0) is 30.6 Å². The van der Waals surface area contributed by atoms with Crippen molar-refractivity contribution in [1.82, 2.24) is 0 Å². The van der Waals surface area contributed by atoms with Crippen molar-refractivity contribution in [1.29, 1.82) is 0 Å². The zero-order chi connectivity index (χ0) is 14.1. The minimum atomic E-state index is -0.403. The molecule has 0 atom stereocenters. The Morgan fingerprint density at radius 3 is 2.63 bits per heavy atom. The van der Waals surface area contributed by atoms with Gasteiger partial charge in [0, 0.05) is 6.07 Å². The molecular formula is C15H19NO3. The number of hydrogen-bond donors (Lipinski definition) is 0. The van der Waals surface area contributed by atoms with E-state index in [0.717, 1.165) is 31.3 Å². The standard InChI is InChI=1S/C15H19NO3/c1-2-3-4-5-8-13(11-12-17)14-9-6-7-10-15(14)16(18)19/h6-7,9-12H,2-5,8H2,1H3. The summed E-state index contributed by atoms with van der Waals surface area (Å²) in [5.74, 6) is 0. The first kappa shape index (κ1) is 15.1. The lowest BCUT2D eigenvalue weighted by atomic mass is 9.97. The van der Waals surface area contributed by atoms with Crippen LogP contribution in [0.3, 0.4) is 0 Å². The third kappa shape index (κ3) is 4.66. The SMILES string of the molecule is CCCCCCC(=CC=O)c1ccccc1[N+](=O)[O-]. The molecule has 4 nitrogen and oxygen atoms in total. The van der Waals surface area contributed by atoms with Crippen LogP contribution in [0.25, 0.3) is 5.57 Å². The molecule has 0 unspecified atom stereocenters. The highest BCUT2D eigenvalue weighted by Gasteiger charge is 2.15. The normalized spacial score (nSPS) is 11.3. The van der Waals surface area contributed by atoms with Crippen LogP contribution in [0.2, 0.25) is 0 Å². The van der Waals surface area contributed by atoms with Crippen LogP contribution >= 0.6 is 0 Å². The van der Waals surface area contributed by atoms with Crippen LogP contribution in [0.5, 0.6) is 0 Å². The summed E-state index contributed by atoms with van der Waals surface area (Å²) in [4.78, 5) is 21.3. The van der Waals surface area contributed by atoms with Crippen LogP contribution < -0.4 is 0 Å². The molecule has 0 saturated carbocycles. The number of hydrogen-bond acceptors (Lipinski definition) is 3. The Hall–Kier alpha value is -1.97. The van der Waals surface area contributed by atoms with Crippen molar-refractivity contribution in [3.05, 3.63) is 46.0 Å². The van der Waals surface area contributed by atoms with Gasteiger partial charge in [0.25, 0.3) is 5.69 Å². The van der Waals surface area contributed by atoms with Gasteiger partial charge in [-0.2, -0.15) is 0 Å². The van der Waals surface area contributed by atoms with Crippen LogP contribution in [0, 0.1) is 10.1 Å². The van der Waals surface area contributed by atoms with E-state index in [4.69, 9.17) is 0 Å². The lowest BCUT2D eigenvalue weighted by molar-refractivity contribution is -0.385. The Morgan fingerprint density at radius 1 is 1.26 bits per heavy atom. The topological polar surface area (TPSA) is 60.2 Å². The van der Waals surface area contributed by atoms with Gasteiger partial charge in [0.05, 0.1) is 10.5 Å². The lowest BCUT2D eigenvalue weighted by Crippen LogP contribution is -1.95. The third-order valence-electron chi connectivity index (χ3n) is 3.02. The van der Waals surface area contributed by atoms with Gasteiger partial charge < -0.3 is 0 Å². The molecule has 102 valence electrons. The van der Waals surface area contributed by atoms with Crippen LogP contribution in [0.1, 0.15) is 44.6 Å². The van der Waals surface area contributed by atoms with Crippen molar-refractivity contribution in [2.45, 2.75) is 39.0 Å². The smallest absolute Gasteiger partial charge is 0.276 e. The quantitative estimate of drug-likeness (QED) is 0.232. The number of allylic oxidation sites excluding steroid dienone is 2. The summed E-state index contributed by atoms with van der Waals surface area (Å²) in [7, 11) is 0. The third-order valence-corrected chi connectivity index (χ3v) is 3.02. The fraction of sp³-hybridized carbons (Fsp3) is 0.400. The maximum atomic E-state index is 11.0. The van der Waals surface area contributed by atoms with E-state index >= 15 is 0 Å². The summed E-state index contributed by atoms with van der Waals surface area (Å²) in [5, 5.41) is 11.0. The van der Waals surface area contributed by atoms with Crippen LogP contribution in [0.15, 0.2) is 30.3 Å². The van der Waals surface area contributed by atoms with Gasteiger partial charge in [-0.3, -0.25) is 14.9 Å². The Balaban J connectivity index is 2.90. The molecule has 4 heteroatoms. The molecule has 0 bridgehead atoms. The summed E-state index contributed by atoms with van der Waals surface area (Å²) in [6.45, 7) is 2.13. The molecule has 1 aromatic carbocycles. The Bertz CT molecular complexity index is 466. The predicted octanol–water partition coefficient (Wildman–Crippen LogP) is 4.15. The molecule has 0 N–H and O–H groups in total. The van der Waals surface area contributed by atoms with E-state index < -0.39 is 4.92 Å². The van der Waals surface area contributed by atoms with E-state index in [9.17, 15) is 14.9 Å². The molecule has 0 amide bonds. The number of rotatable bonds is 8. The van der Waals surface area contributed by atoms with E-state index in [1.54, 1.807) is 18.2 Å². The van der Waals surface area contributed by atoms with Crippen molar-refractivity contribution in [2.75, 3.05) is 0 Å². The zero-order valence-corrected chi connectivity index (χ0v) is 11.2. The molecule has 0 aromatic heterocycles. The number of para-hydroxylation sites is 1. The second-order valence-corrected chi connectivity index (χ2v) is 4.41. The number of aldehydes is 1. The molecule has 0 spiro atoms. The van der Waals surface area contributed by atoms with E-state index in [1.807, 2.05) is 0 Å². The van der Waals surface area contributed by atoms with E-state index in [0.29, 0.717) is 18.3 Å². The number of nitro groups is 1. The van der Waals surface area contributed by atoms with Crippen molar-refractivity contribution in [3.8, 4) is 0 Å². The van der Waals surface area contributed by atoms with Gasteiger partial charge >= 0.3 is 0 Å². The highest BCUT2D eigenvalue weighted by molar-refractivity contribution is 5.84. The first-order valence-corrected chi connectivity index (χ1v) is 6.58. The van der Waals surface area contributed by atoms with Gasteiger partial charge in [0.15, 0.2) is 0 Å². The molecular weight excluding hydrogens is 242 g/mol. The number of carbonyl (C=O) groups is 1. The van der Waals surface area contributed by atoms with Crippen LogP contribution in [-0.4, -0.2) is 11.2 Å². The molecule has 1 aromatic rings. The van der Waals surface area contributed by atoms with Gasteiger partial charge in [0.2, 0.25) is 0 Å². The van der Waals surface area contributed by atoms with E-state index in [2.05, 4.69) is 6.92 Å². The maximum absolute atomic E-state index is 11.0. The lowest BCUT2D eigenvalue weighted by Gasteiger charge is -2.07. The summed E-state index contributed by atoms with van der Waals surface area (Å²) >= 11 is 0. The second-order valence-electron chi connectivity index (χ2n) is 4.41. The number of nitrogens with zero attached hydrogens (tertiary/aromatic N) is 1. The molecule has 0 aliphatic carbocycles. The fourth-order valence-corrected chi connectivity index (χ4v) is 2.04. The molecule has 1 rings (SSSR count). The molecule has 0 aliphatic rings. The summed E-state index contributed by atoms with van der Waals surface area (Å²) in [6.07, 6.45) is 7.14. The zero-order valence-electron chi connectivity index (χ0n) is 11.2. The molecule has 19 heavy (non-hydrogen) atoms. The highest BCUT2D eigenvalue weighted by atomic mass is 16.6. The number of nitro benzene ring substituents is 1. The van der Waals surface area contributed by atoms with E-state index in [-0.39, 0.29) is 5.69 Å². The average Bonchev–Trinajstić information content (AvgIpc) is 2.42. The monoisotopic (exact) mass is 261 g/mol. The molecule has 0 saturated heterocycles. The summed E-state index contributed by atoms with van der Waals surface area (Å²) in [6, 6.07) is 6.57. The number of carbonyl (C=O) groups excluding carboxylic acids is 1. The van der Waals surface area contributed by atoms with Crippen LogP contribution in [0.4, 0.5) is 5.69 Å². The van der Waals surface area contributed by atoms with Gasteiger partial charge in [-0.1, -0.05) is 38.3 Å². The molecule has 0 heterocycles. The Kier molecular flexibility index (Phi) is 6.50. The van der Waals surface area contributed by atoms with E-state index in [1.165, 1.54) is 12.1 Å². The van der Waals surface area contributed by atoms with Crippen molar-refractivity contribution >= 4 is 17.5 Å². The molecule has 0 radical (unpaired) electrons. The van der Waals surface area contributed by atoms with Crippen molar-refractivity contribution in [2.24, 2.45) is 0 Å². The second kappa shape index (κ2) is 8.19. The summed E-state index contributed by atoms with van der Waals surface area (Å²) in [5.41, 5.74) is 1.36. The Labute approximate surface area is 113 Å². The van der Waals surface area contributed by atoms with Crippen molar-refractivity contribution in [3.63, 3.8) is 0 Å². The highest BCUT2D eigenvalue weighted by Crippen LogP contribution is 2.29. The minimum absolute atomic E-state index is 0.0612.